The number of carboxylic acids is 1. The third-order valence-electron chi connectivity index (χ3n) is 0.967. The van der Waals surface area contributed by atoms with Gasteiger partial charge in [0.05, 0.1) is 0 Å². The van der Waals surface area contributed by atoms with E-state index in [4.69, 9.17) is 5.11 Å². The fraction of sp³-hybridized carbons (Fsp3) is 0. The SMILES string of the molecule is O=C(O)c1ccc(S)cn1. The molecule has 0 fully saturated rings. The second-order valence-corrected chi connectivity index (χ2v) is 2.22. The van der Waals surface area contributed by atoms with Crippen molar-refractivity contribution in [1.29, 1.82) is 0 Å². The molecule has 0 aliphatic heterocycles. The molecule has 1 aromatic rings. The lowest BCUT2D eigenvalue weighted by Gasteiger charge is -1.91. The van der Waals surface area contributed by atoms with Crippen LogP contribution >= 0.6 is 12.6 Å². The molecule has 0 saturated heterocycles. The third-order valence-corrected chi connectivity index (χ3v) is 1.23. The van der Waals surface area contributed by atoms with Crippen LogP contribution < -0.4 is 0 Å². The zero-order valence-electron chi connectivity index (χ0n) is 4.98. The number of carboxylic acid groups (broad SMARTS) is 1. The highest BCUT2D eigenvalue weighted by molar-refractivity contribution is 7.80. The maximum Gasteiger partial charge on any atom is 0.354 e. The summed E-state index contributed by atoms with van der Waals surface area (Å²) in [5, 5.41) is 8.39. The average molecular weight is 155 g/mol. The van der Waals surface area contributed by atoms with Crippen LogP contribution in [-0.2, 0) is 0 Å². The van der Waals surface area contributed by atoms with Crippen molar-refractivity contribution in [1.82, 2.24) is 4.98 Å². The first-order valence-corrected chi connectivity index (χ1v) is 3.03. The van der Waals surface area contributed by atoms with Gasteiger partial charge in [0.15, 0.2) is 0 Å². The van der Waals surface area contributed by atoms with Gasteiger partial charge in [-0.05, 0) is 12.1 Å². The number of thiol groups is 1. The van der Waals surface area contributed by atoms with Crippen LogP contribution in [0, 0.1) is 0 Å². The number of rotatable bonds is 1. The molecular formula is C6H5NO2S. The van der Waals surface area contributed by atoms with E-state index in [9.17, 15) is 4.79 Å². The third kappa shape index (κ3) is 1.48. The van der Waals surface area contributed by atoms with Crippen LogP contribution in [0.3, 0.4) is 0 Å². The number of aromatic nitrogens is 1. The van der Waals surface area contributed by atoms with E-state index in [0.29, 0.717) is 4.90 Å². The van der Waals surface area contributed by atoms with E-state index in [0.717, 1.165) is 0 Å². The molecule has 1 heterocycles. The van der Waals surface area contributed by atoms with Crippen molar-refractivity contribution in [2.24, 2.45) is 0 Å². The van der Waals surface area contributed by atoms with E-state index < -0.39 is 5.97 Å². The summed E-state index contributed by atoms with van der Waals surface area (Å²) in [6, 6.07) is 2.99. The summed E-state index contributed by atoms with van der Waals surface area (Å²) in [4.78, 5) is 14.5. The van der Waals surface area contributed by atoms with Crippen LogP contribution in [0.5, 0.6) is 0 Å². The molecule has 0 unspecified atom stereocenters. The minimum absolute atomic E-state index is 0.0396. The monoisotopic (exact) mass is 155 g/mol. The van der Waals surface area contributed by atoms with E-state index in [1.165, 1.54) is 12.3 Å². The molecule has 0 radical (unpaired) electrons. The number of pyridine rings is 1. The van der Waals surface area contributed by atoms with E-state index in [-0.39, 0.29) is 5.69 Å². The lowest BCUT2D eigenvalue weighted by Crippen LogP contribution is -1.98. The van der Waals surface area contributed by atoms with Gasteiger partial charge < -0.3 is 5.11 Å². The van der Waals surface area contributed by atoms with Crippen molar-refractivity contribution < 1.29 is 9.90 Å². The van der Waals surface area contributed by atoms with Gasteiger partial charge in [0, 0.05) is 11.1 Å². The second-order valence-electron chi connectivity index (χ2n) is 1.71. The number of nitrogens with zero attached hydrogens (tertiary/aromatic N) is 1. The predicted molar refractivity (Wildman–Crippen MR) is 38.4 cm³/mol. The Hall–Kier alpha value is -1.03. The Kier molecular flexibility index (Phi) is 1.91. The molecule has 0 spiro atoms. The summed E-state index contributed by atoms with van der Waals surface area (Å²) in [5.74, 6) is -1.02. The Bertz CT molecular complexity index is 244. The molecule has 3 nitrogen and oxygen atoms in total. The van der Waals surface area contributed by atoms with Crippen molar-refractivity contribution >= 4 is 18.6 Å². The Morgan fingerprint density at radius 1 is 1.60 bits per heavy atom. The molecule has 0 aromatic carbocycles. The van der Waals surface area contributed by atoms with Crippen LogP contribution in [0.25, 0.3) is 0 Å². The van der Waals surface area contributed by atoms with Crippen LogP contribution in [0.4, 0.5) is 0 Å². The first-order chi connectivity index (χ1) is 4.70. The molecule has 0 aliphatic rings. The van der Waals surface area contributed by atoms with Gasteiger partial charge in [0.1, 0.15) is 5.69 Å². The van der Waals surface area contributed by atoms with Crippen molar-refractivity contribution in [3.05, 3.63) is 24.0 Å². The number of aromatic carboxylic acids is 1. The topological polar surface area (TPSA) is 50.2 Å². The van der Waals surface area contributed by atoms with Gasteiger partial charge in [-0.3, -0.25) is 0 Å². The maximum atomic E-state index is 10.2. The Balaban J connectivity index is 3.00. The molecule has 0 bridgehead atoms. The van der Waals surface area contributed by atoms with Gasteiger partial charge in [0.2, 0.25) is 0 Å². The maximum absolute atomic E-state index is 10.2. The highest BCUT2D eigenvalue weighted by atomic mass is 32.1. The Labute approximate surface area is 63.1 Å². The first-order valence-electron chi connectivity index (χ1n) is 2.58. The molecule has 10 heavy (non-hydrogen) atoms. The molecule has 0 atom stereocenters. The largest absolute Gasteiger partial charge is 0.477 e. The lowest BCUT2D eigenvalue weighted by molar-refractivity contribution is 0.0690. The molecule has 1 aromatic heterocycles. The van der Waals surface area contributed by atoms with Gasteiger partial charge in [-0.15, -0.1) is 12.6 Å². The standard InChI is InChI=1S/C6H5NO2S/c8-6(9)5-2-1-4(10)3-7-5/h1-3,10H,(H,8,9). The zero-order valence-corrected chi connectivity index (χ0v) is 5.88. The van der Waals surface area contributed by atoms with Crippen LogP contribution in [0.1, 0.15) is 10.5 Å². The lowest BCUT2D eigenvalue weighted by atomic mass is 10.4. The molecule has 1 rings (SSSR count). The van der Waals surface area contributed by atoms with Gasteiger partial charge in [-0.2, -0.15) is 0 Å². The van der Waals surface area contributed by atoms with E-state index in [2.05, 4.69) is 17.6 Å². The quantitative estimate of drug-likeness (QED) is 0.596. The fourth-order valence-corrected chi connectivity index (χ4v) is 0.645. The summed E-state index contributed by atoms with van der Waals surface area (Å²) >= 11 is 3.94. The summed E-state index contributed by atoms with van der Waals surface area (Å²) in [6.45, 7) is 0. The molecule has 4 heteroatoms. The number of carbonyl (C=O) groups is 1. The smallest absolute Gasteiger partial charge is 0.354 e. The Morgan fingerprint density at radius 3 is 2.70 bits per heavy atom. The minimum atomic E-state index is -1.02. The van der Waals surface area contributed by atoms with E-state index >= 15 is 0 Å². The van der Waals surface area contributed by atoms with Gasteiger partial charge in [-0.25, -0.2) is 9.78 Å². The highest BCUT2D eigenvalue weighted by Crippen LogP contribution is 2.03. The van der Waals surface area contributed by atoms with Crippen molar-refractivity contribution in [3.8, 4) is 0 Å². The molecule has 0 aliphatic carbocycles. The average Bonchev–Trinajstić information content (AvgIpc) is 1.88. The number of hydrogen-bond acceptors (Lipinski definition) is 3. The van der Waals surface area contributed by atoms with Crippen molar-refractivity contribution in [3.63, 3.8) is 0 Å². The summed E-state index contributed by atoms with van der Waals surface area (Å²) in [5.41, 5.74) is 0.0396. The molecule has 0 amide bonds. The fourth-order valence-electron chi connectivity index (χ4n) is 0.513. The number of hydrogen-bond donors (Lipinski definition) is 2. The second kappa shape index (κ2) is 2.70. The highest BCUT2D eigenvalue weighted by Gasteiger charge is 2.00. The van der Waals surface area contributed by atoms with Crippen LogP contribution in [-0.4, -0.2) is 16.1 Å². The van der Waals surface area contributed by atoms with Gasteiger partial charge >= 0.3 is 5.97 Å². The van der Waals surface area contributed by atoms with Gasteiger partial charge in [-0.1, -0.05) is 0 Å². The first kappa shape index (κ1) is 7.08. The molecular weight excluding hydrogens is 150 g/mol. The van der Waals surface area contributed by atoms with Crippen LogP contribution in [0.2, 0.25) is 0 Å². The summed E-state index contributed by atoms with van der Waals surface area (Å²) < 4.78 is 0. The minimum Gasteiger partial charge on any atom is -0.477 e. The molecule has 52 valence electrons. The summed E-state index contributed by atoms with van der Waals surface area (Å²) in [7, 11) is 0. The van der Waals surface area contributed by atoms with Crippen molar-refractivity contribution in [2.75, 3.05) is 0 Å². The predicted octanol–water partition coefficient (Wildman–Crippen LogP) is 1.07. The normalized spacial score (nSPS) is 9.30. The van der Waals surface area contributed by atoms with Crippen molar-refractivity contribution in [2.45, 2.75) is 4.90 Å². The van der Waals surface area contributed by atoms with E-state index in [1.54, 1.807) is 6.07 Å². The molecule has 0 saturated carbocycles. The summed E-state index contributed by atoms with van der Waals surface area (Å²) in [6.07, 6.45) is 1.40. The van der Waals surface area contributed by atoms with Gasteiger partial charge in [0.25, 0.3) is 0 Å². The van der Waals surface area contributed by atoms with Crippen LogP contribution in [0.15, 0.2) is 23.2 Å². The zero-order chi connectivity index (χ0) is 7.56. The Morgan fingerprint density at radius 2 is 2.30 bits per heavy atom. The molecule has 1 N–H and O–H groups in total. The van der Waals surface area contributed by atoms with E-state index in [1.807, 2.05) is 0 Å².